The molecule has 0 atom stereocenters. The lowest BCUT2D eigenvalue weighted by atomic mass is 10.1. The molecule has 0 radical (unpaired) electrons. The van der Waals surface area contributed by atoms with Gasteiger partial charge in [0.15, 0.2) is 11.0 Å². The molecule has 0 aliphatic rings. The number of para-hydroxylation sites is 1. The Hall–Kier alpha value is -2.72. The molecule has 1 amide bonds. The summed E-state index contributed by atoms with van der Waals surface area (Å²) in [5.41, 5.74) is -1.18. The third-order valence-electron chi connectivity index (χ3n) is 4.13. The number of nitrogens with zero attached hydrogens (tertiary/aromatic N) is 3. The number of thioether (sulfide) groups is 1. The normalized spacial score (nSPS) is 11.4. The van der Waals surface area contributed by atoms with E-state index in [9.17, 15) is 18.0 Å². The maximum atomic E-state index is 13.1. The molecule has 164 valence electrons. The van der Waals surface area contributed by atoms with Gasteiger partial charge < -0.3 is 14.6 Å². The molecule has 11 heteroatoms. The Labute approximate surface area is 185 Å². The van der Waals surface area contributed by atoms with Gasteiger partial charge >= 0.3 is 6.18 Å². The molecule has 6 nitrogen and oxygen atoms in total. The van der Waals surface area contributed by atoms with E-state index in [0.29, 0.717) is 28.3 Å². The summed E-state index contributed by atoms with van der Waals surface area (Å²) in [5.74, 6) is 0.476. The summed E-state index contributed by atoms with van der Waals surface area (Å²) in [7, 11) is 0. The number of benzene rings is 2. The second kappa shape index (κ2) is 10.1. The first-order valence-electron chi connectivity index (χ1n) is 9.17. The SMILES string of the molecule is CCn1c(COc2ccc(Cl)cc2)nnc1SCC(=O)Nc1ccccc1C(F)(F)F. The van der Waals surface area contributed by atoms with Gasteiger partial charge in [0.05, 0.1) is 17.0 Å². The molecular weight excluding hydrogens is 453 g/mol. The molecule has 31 heavy (non-hydrogen) atoms. The second-order valence-electron chi connectivity index (χ2n) is 6.27. The molecule has 0 aliphatic carbocycles. The summed E-state index contributed by atoms with van der Waals surface area (Å²) >= 11 is 6.93. The van der Waals surface area contributed by atoms with Crippen molar-refractivity contribution in [2.75, 3.05) is 11.1 Å². The van der Waals surface area contributed by atoms with E-state index < -0.39 is 17.6 Å². The molecule has 0 fully saturated rings. The van der Waals surface area contributed by atoms with Crippen LogP contribution in [-0.4, -0.2) is 26.4 Å². The minimum absolute atomic E-state index is 0.123. The van der Waals surface area contributed by atoms with Crippen molar-refractivity contribution >= 4 is 35.0 Å². The molecule has 0 spiro atoms. The van der Waals surface area contributed by atoms with Crippen molar-refractivity contribution < 1.29 is 22.7 Å². The smallest absolute Gasteiger partial charge is 0.418 e. The van der Waals surface area contributed by atoms with Crippen molar-refractivity contribution in [3.8, 4) is 5.75 Å². The Morgan fingerprint density at radius 3 is 2.55 bits per heavy atom. The van der Waals surface area contributed by atoms with Crippen LogP contribution in [-0.2, 0) is 24.1 Å². The molecule has 1 aromatic heterocycles. The minimum atomic E-state index is -4.56. The lowest BCUT2D eigenvalue weighted by Gasteiger charge is -2.13. The molecule has 0 bridgehead atoms. The van der Waals surface area contributed by atoms with Gasteiger partial charge in [0.1, 0.15) is 12.4 Å². The number of aromatic nitrogens is 3. The van der Waals surface area contributed by atoms with Crippen molar-refractivity contribution in [3.63, 3.8) is 0 Å². The average molecular weight is 471 g/mol. The molecule has 1 N–H and O–H groups in total. The fourth-order valence-electron chi connectivity index (χ4n) is 2.68. The van der Waals surface area contributed by atoms with E-state index in [1.165, 1.54) is 18.2 Å². The zero-order valence-electron chi connectivity index (χ0n) is 16.3. The van der Waals surface area contributed by atoms with Gasteiger partial charge in [-0.2, -0.15) is 13.2 Å². The fourth-order valence-corrected chi connectivity index (χ4v) is 3.63. The molecule has 3 rings (SSSR count). The number of anilines is 1. The predicted octanol–water partition coefficient (Wildman–Crippen LogP) is 5.28. The van der Waals surface area contributed by atoms with E-state index in [4.69, 9.17) is 16.3 Å². The molecular formula is C20H18ClF3N4O2S. The summed E-state index contributed by atoms with van der Waals surface area (Å²) < 4.78 is 46.7. The third kappa shape index (κ3) is 6.14. The Morgan fingerprint density at radius 2 is 1.87 bits per heavy atom. The van der Waals surface area contributed by atoms with Crippen LogP contribution in [0.4, 0.5) is 18.9 Å². The van der Waals surface area contributed by atoms with Gasteiger partial charge in [0.2, 0.25) is 5.91 Å². The number of rotatable bonds is 8. The van der Waals surface area contributed by atoms with Crippen molar-refractivity contribution in [3.05, 3.63) is 64.9 Å². The largest absolute Gasteiger partial charge is 0.486 e. The van der Waals surface area contributed by atoms with Gasteiger partial charge in [-0.3, -0.25) is 4.79 Å². The Kier molecular flexibility index (Phi) is 7.45. The van der Waals surface area contributed by atoms with Crippen LogP contribution in [0.25, 0.3) is 0 Å². The maximum absolute atomic E-state index is 13.1. The van der Waals surface area contributed by atoms with Gasteiger partial charge in [0.25, 0.3) is 0 Å². The zero-order chi connectivity index (χ0) is 22.4. The number of amides is 1. The van der Waals surface area contributed by atoms with E-state index >= 15 is 0 Å². The quantitative estimate of drug-likeness (QED) is 0.454. The summed E-state index contributed by atoms with van der Waals surface area (Å²) in [5, 5.41) is 11.5. The first kappa shape index (κ1) is 23.0. The number of hydrogen-bond donors (Lipinski definition) is 1. The molecule has 0 saturated heterocycles. The highest BCUT2D eigenvalue weighted by molar-refractivity contribution is 7.99. The van der Waals surface area contributed by atoms with E-state index in [1.54, 1.807) is 28.8 Å². The molecule has 2 aromatic carbocycles. The lowest BCUT2D eigenvalue weighted by Crippen LogP contribution is -2.18. The number of alkyl halides is 3. The lowest BCUT2D eigenvalue weighted by molar-refractivity contribution is -0.137. The van der Waals surface area contributed by atoms with Crippen molar-refractivity contribution in [2.45, 2.75) is 31.4 Å². The number of ether oxygens (including phenoxy) is 1. The van der Waals surface area contributed by atoms with Crippen LogP contribution in [0.5, 0.6) is 5.75 Å². The van der Waals surface area contributed by atoms with Crippen LogP contribution < -0.4 is 10.1 Å². The van der Waals surface area contributed by atoms with Crippen LogP contribution in [0.15, 0.2) is 53.7 Å². The summed E-state index contributed by atoms with van der Waals surface area (Å²) in [6.45, 7) is 2.58. The molecule has 0 saturated carbocycles. The van der Waals surface area contributed by atoms with E-state index in [1.807, 2.05) is 6.92 Å². The number of halogens is 4. The van der Waals surface area contributed by atoms with Gasteiger partial charge in [-0.25, -0.2) is 0 Å². The highest BCUT2D eigenvalue weighted by atomic mass is 35.5. The zero-order valence-corrected chi connectivity index (χ0v) is 17.9. The van der Waals surface area contributed by atoms with Gasteiger partial charge in [-0.15, -0.1) is 10.2 Å². The number of carbonyl (C=O) groups excluding carboxylic acids is 1. The standard InChI is InChI=1S/C20H18ClF3N4O2S/c1-2-28-17(11-30-14-9-7-13(21)8-10-14)26-27-19(28)31-12-18(29)25-16-6-4-3-5-15(16)20(22,23)24/h3-10H,2,11-12H2,1H3,(H,25,29). The van der Waals surface area contributed by atoms with Gasteiger partial charge in [-0.1, -0.05) is 35.5 Å². The molecule has 1 heterocycles. The van der Waals surface area contributed by atoms with Crippen LogP contribution in [0.2, 0.25) is 5.02 Å². The highest BCUT2D eigenvalue weighted by Crippen LogP contribution is 2.34. The first-order valence-corrected chi connectivity index (χ1v) is 10.5. The van der Waals surface area contributed by atoms with Crippen LogP contribution in [0.1, 0.15) is 18.3 Å². The second-order valence-corrected chi connectivity index (χ2v) is 7.64. The fraction of sp³-hybridized carbons (Fsp3) is 0.250. The van der Waals surface area contributed by atoms with E-state index in [-0.39, 0.29) is 18.0 Å². The average Bonchev–Trinajstić information content (AvgIpc) is 3.13. The summed E-state index contributed by atoms with van der Waals surface area (Å²) in [4.78, 5) is 12.2. The van der Waals surface area contributed by atoms with Crippen molar-refractivity contribution in [1.82, 2.24) is 14.8 Å². The van der Waals surface area contributed by atoms with Crippen LogP contribution in [0, 0.1) is 0 Å². The highest BCUT2D eigenvalue weighted by Gasteiger charge is 2.33. The molecule has 3 aromatic rings. The monoisotopic (exact) mass is 470 g/mol. The van der Waals surface area contributed by atoms with Crippen LogP contribution >= 0.6 is 23.4 Å². The van der Waals surface area contributed by atoms with Gasteiger partial charge in [-0.05, 0) is 43.3 Å². The molecule has 0 aliphatic heterocycles. The number of nitrogens with one attached hydrogen (secondary N) is 1. The first-order chi connectivity index (χ1) is 14.8. The van der Waals surface area contributed by atoms with Gasteiger partial charge in [0, 0.05) is 11.6 Å². The number of carbonyl (C=O) groups is 1. The molecule has 0 unspecified atom stereocenters. The Bertz CT molecular complexity index is 1040. The van der Waals surface area contributed by atoms with Crippen molar-refractivity contribution in [2.24, 2.45) is 0 Å². The predicted molar refractivity (Wildman–Crippen MR) is 112 cm³/mol. The topological polar surface area (TPSA) is 69.0 Å². The summed E-state index contributed by atoms with van der Waals surface area (Å²) in [6, 6.07) is 11.7. The Morgan fingerprint density at radius 1 is 1.16 bits per heavy atom. The van der Waals surface area contributed by atoms with Crippen molar-refractivity contribution in [1.29, 1.82) is 0 Å². The third-order valence-corrected chi connectivity index (χ3v) is 5.35. The number of hydrogen-bond acceptors (Lipinski definition) is 5. The van der Waals surface area contributed by atoms with E-state index in [0.717, 1.165) is 17.8 Å². The maximum Gasteiger partial charge on any atom is 0.418 e. The minimum Gasteiger partial charge on any atom is -0.486 e. The van der Waals surface area contributed by atoms with E-state index in [2.05, 4.69) is 15.5 Å². The van der Waals surface area contributed by atoms with Crippen LogP contribution in [0.3, 0.4) is 0 Å². The Balaban J connectivity index is 1.60. The summed E-state index contributed by atoms with van der Waals surface area (Å²) in [6.07, 6.45) is -4.56.